The zero-order valence-electron chi connectivity index (χ0n) is 19.1. The van der Waals surface area contributed by atoms with Crippen molar-refractivity contribution in [2.24, 2.45) is 0 Å². The number of likely N-dealkylation sites (tertiary alicyclic amines) is 1. The van der Waals surface area contributed by atoms with Gasteiger partial charge in [0.2, 0.25) is 0 Å². The first-order valence-electron chi connectivity index (χ1n) is 11.0. The molecule has 32 heavy (non-hydrogen) atoms. The van der Waals surface area contributed by atoms with E-state index in [-0.39, 0.29) is 42.6 Å². The van der Waals surface area contributed by atoms with E-state index in [1.807, 2.05) is 6.92 Å². The molecule has 1 aliphatic heterocycles. The molecule has 4 atom stereocenters. The number of carbonyl (C=O) groups is 1. The molecule has 4 unspecified atom stereocenters. The number of hydrogen-bond acceptors (Lipinski definition) is 4. The van der Waals surface area contributed by atoms with Crippen LogP contribution in [0.2, 0.25) is 0 Å². The molecule has 0 bridgehead atoms. The van der Waals surface area contributed by atoms with Crippen molar-refractivity contribution in [2.75, 3.05) is 27.8 Å². The number of rotatable bonds is 7. The van der Waals surface area contributed by atoms with Crippen LogP contribution in [-0.2, 0) is 20.6 Å². The van der Waals surface area contributed by atoms with Crippen molar-refractivity contribution in [2.45, 2.75) is 69.2 Å². The van der Waals surface area contributed by atoms with Crippen LogP contribution in [0.1, 0.15) is 50.5 Å². The highest BCUT2D eigenvalue weighted by Gasteiger charge is 2.44. The molecule has 180 valence electrons. The Hall–Kier alpha value is -1.62. The summed E-state index contributed by atoms with van der Waals surface area (Å²) in [5, 5.41) is 0. The van der Waals surface area contributed by atoms with Crippen LogP contribution in [-0.4, -0.2) is 71.5 Å². The number of ether oxygens (including phenoxy) is 2. The molecule has 0 spiro atoms. The topological polar surface area (TPSA) is 71.1 Å². The third-order valence-electron chi connectivity index (χ3n) is 6.44. The zero-order valence-corrected chi connectivity index (χ0v) is 19.9. The van der Waals surface area contributed by atoms with Crippen LogP contribution in [0.15, 0.2) is 18.2 Å². The highest BCUT2D eigenvalue weighted by Crippen LogP contribution is 2.36. The first kappa shape index (κ1) is 25.0. The highest BCUT2D eigenvalue weighted by molar-refractivity contribution is 7.80. The molecule has 0 radical (unpaired) electrons. The van der Waals surface area contributed by atoms with Gasteiger partial charge >= 0.3 is 6.09 Å². The second-order valence-electron chi connectivity index (χ2n) is 8.79. The molecule has 0 aromatic heterocycles. The summed E-state index contributed by atoms with van der Waals surface area (Å²) in [5.41, 5.74) is 0.431. The van der Waals surface area contributed by atoms with Crippen LogP contribution in [0.5, 0.6) is 0 Å². The molecule has 3 rings (SSSR count). The van der Waals surface area contributed by atoms with E-state index in [2.05, 4.69) is 4.72 Å². The average Bonchev–Trinajstić information content (AvgIpc) is 3.08. The van der Waals surface area contributed by atoms with Crippen molar-refractivity contribution in [3.05, 3.63) is 35.4 Å². The van der Waals surface area contributed by atoms with Crippen molar-refractivity contribution >= 4 is 17.3 Å². The van der Waals surface area contributed by atoms with Crippen LogP contribution in [0.25, 0.3) is 0 Å². The lowest BCUT2D eigenvalue weighted by Crippen LogP contribution is -2.50. The summed E-state index contributed by atoms with van der Waals surface area (Å²) in [4.78, 5) is 14.0. The Morgan fingerprint density at radius 1 is 1.25 bits per heavy atom. The summed E-state index contributed by atoms with van der Waals surface area (Å²) < 4.78 is 55.8. The monoisotopic (exact) mass is 473 g/mol. The Morgan fingerprint density at radius 3 is 2.56 bits per heavy atom. The minimum atomic E-state index is -1.38. The van der Waals surface area contributed by atoms with Gasteiger partial charge in [0.15, 0.2) is 11.2 Å². The van der Waals surface area contributed by atoms with E-state index in [9.17, 15) is 17.8 Å². The van der Waals surface area contributed by atoms with Gasteiger partial charge in [0.05, 0.1) is 25.9 Å². The van der Waals surface area contributed by atoms with Crippen molar-refractivity contribution in [3.8, 4) is 0 Å². The van der Waals surface area contributed by atoms with Crippen molar-refractivity contribution in [1.29, 1.82) is 0 Å². The lowest BCUT2D eigenvalue weighted by atomic mass is 9.82. The van der Waals surface area contributed by atoms with E-state index in [1.54, 1.807) is 23.3 Å². The predicted molar refractivity (Wildman–Crippen MR) is 118 cm³/mol. The molecule has 1 amide bonds. The molecule has 1 N–H and O–H groups in total. The Labute approximate surface area is 191 Å². The zero-order chi connectivity index (χ0) is 23.4. The second-order valence-corrected chi connectivity index (χ2v) is 10.3. The van der Waals surface area contributed by atoms with E-state index in [0.717, 1.165) is 18.9 Å². The lowest BCUT2D eigenvalue weighted by Gasteiger charge is -2.33. The summed E-state index contributed by atoms with van der Waals surface area (Å²) in [6.45, 7) is 2.22. The summed E-state index contributed by atoms with van der Waals surface area (Å²) in [5.74, 6) is -0.820. The molecule has 7 nitrogen and oxygen atoms in total. The second kappa shape index (κ2) is 11.0. The number of amides is 1. The van der Waals surface area contributed by atoms with E-state index in [1.165, 1.54) is 19.2 Å². The summed E-state index contributed by atoms with van der Waals surface area (Å²) in [7, 11) is 4.77. The van der Waals surface area contributed by atoms with Gasteiger partial charge in [0.25, 0.3) is 0 Å². The Morgan fingerprint density at radius 2 is 1.94 bits per heavy atom. The lowest BCUT2D eigenvalue weighted by molar-refractivity contribution is -0.00872. The molecule has 1 aromatic rings. The fourth-order valence-corrected chi connectivity index (χ4v) is 5.46. The predicted octanol–water partition coefficient (Wildman–Crippen LogP) is 3.34. The van der Waals surface area contributed by atoms with Crippen molar-refractivity contribution < 1.29 is 27.3 Å². The smallest absolute Gasteiger partial charge is 0.410 e. The van der Waals surface area contributed by atoms with Gasteiger partial charge in [-0.05, 0) is 68.7 Å². The van der Waals surface area contributed by atoms with Gasteiger partial charge in [-0.2, -0.15) is 0 Å². The molecular weight excluding hydrogens is 440 g/mol. The van der Waals surface area contributed by atoms with Crippen LogP contribution in [0.3, 0.4) is 0 Å². The van der Waals surface area contributed by atoms with Gasteiger partial charge in [-0.3, -0.25) is 4.90 Å². The third-order valence-corrected chi connectivity index (χ3v) is 7.60. The average molecular weight is 474 g/mol. The van der Waals surface area contributed by atoms with Gasteiger partial charge < -0.3 is 9.47 Å². The largest absolute Gasteiger partial charge is 0.453 e. The Balaban J connectivity index is 1.60. The number of nitrogens with one attached hydrogen (secondary N) is 1. The van der Waals surface area contributed by atoms with E-state index in [0.29, 0.717) is 24.8 Å². The van der Waals surface area contributed by atoms with Gasteiger partial charge in [-0.15, -0.1) is 0 Å². The number of hydrogen-bond donors (Lipinski definition) is 1. The number of methoxy groups -OCH3 is 1. The Bertz CT molecular complexity index is 820. The van der Waals surface area contributed by atoms with Crippen LogP contribution >= 0.6 is 0 Å². The number of nitrogens with zero attached hydrogens (tertiary/aromatic N) is 2. The van der Waals surface area contributed by atoms with E-state index in [4.69, 9.17) is 9.47 Å². The van der Waals surface area contributed by atoms with E-state index < -0.39 is 23.1 Å². The highest BCUT2D eigenvalue weighted by atomic mass is 32.2. The van der Waals surface area contributed by atoms with Gasteiger partial charge in [0, 0.05) is 26.2 Å². The van der Waals surface area contributed by atoms with Crippen LogP contribution in [0, 0.1) is 11.6 Å². The summed E-state index contributed by atoms with van der Waals surface area (Å²) in [6, 6.07) is 3.00. The SMILES string of the molecule is COC(=O)N1C(C)CC(NS(=O)N(C)C)C1COC1CCC(c2cc(F)ccc2F)CC1. The summed E-state index contributed by atoms with van der Waals surface area (Å²) >= 11 is -1.38. The van der Waals surface area contributed by atoms with Gasteiger partial charge in [-0.1, -0.05) is 0 Å². The summed E-state index contributed by atoms with van der Waals surface area (Å²) in [6.07, 6.45) is 3.03. The molecule has 10 heteroatoms. The standard InChI is InChI=1S/C22H33F2N3O4S/c1-14-11-20(25-32(29)26(2)3)21(27(14)22(28)30-4)13-31-17-8-5-15(6-9-17)18-12-16(23)7-10-19(18)24/h7,10,12,14-15,17,20-21,25H,5-6,8-9,11,13H2,1-4H3. The maximum Gasteiger partial charge on any atom is 0.410 e. The molecule has 1 saturated heterocycles. The van der Waals surface area contributed by atoms with Crippen molar-refractivity contribution in [1.82, 2.24) is 13.9 Å². The minimum absolute atomic E-state index is 0.0273. The number of benzene rings is 1. The third kappa shape index (κ3) is 5.84. The quantitative estimate of drug-likeness (QED) is 0.660. The molecule has 1 aromatic carbocycles. The molecule has 1 aliphatic carbocycles. The van der Waals surface area contributed by atoms with Gasteiger partial charge in [0.1, 0.15) is 11.6 Å². The molecule has 1 heterocycles. The maximum absolute atomic E-state index is 14.1. The Kier molecular flexibility index (Phi) is 8.60. The molecule has 2 aliphatic rings. The van der Waals surface area contributed by atoms with Gasteiger partial charge in [-0.25, -0.2) is 26.8 Å². The molecule has 1 saturated carbocycles. The first-order chi connectivity index (χ1) is 15.2. The van der Waals surface area contributed by atoms with Crippen LogP contribution < -0.4 is 4.72 Å². The fraction of sp³-hybridized carbons (Fsp3) is 0.682. The number of halogens is 2. The first-order valence-corrected chi connectivity index (χ1v) is 12.1. The maximum atomic E-state index is 14.1. The van der Waals surface area contributed by atoms with Crippen molar-refractivity contribution in [3.63, 3.8) is 0 Å². The number of carbonyl (C=O) groups excluding carboxylic acids is 1. The van der Waals surface area contributed by atoms with E-state index >= 15 is 0 Å². The minimum Gasteiger partial charge on any atom is -0.453 e. The van der Waals surface area contributed by atoms with Crippen LogP contribution in [0.4, 0.5) is 13.6 Å². The molecule has 2 fully saturated rings. The fourth-order valence-electron chi connectivity index (χ4n) is 4.74. The molecular formula is C22H33F2N3O4S. The normalized spacial score (nSPS) is 29.3.